The first-order valence-electron chi connectivity index (χ1n) is 12.0. The van der Waals surface area contributed by atoms with Crippen molar-refractivity contribution in [1.82, 2.24) is 19.9 Å². The summed E-state index contributed by atoms with van der Waals surface area (Å²) in [5, 5.41) is 5.48. The van der Waals surface area contributed by atoms with Crippen LogP contribution < -0.4 is 9.64 Å². The van der Waals surface area contributed by atoms with Gasteiger partial charge in [0.05, 0.1) is 12.0 Å². The molecular weight excluding hydrogens is 402 g/mol. The van der Waals surface area contributed by atoms with Crippen molar-refractivity contribution in [3.63, 3.8) is 0 Å². The molecule has 6 rings (SSSR count). The third-order valence-electron chi connectivity index (χ3n) is 7.28. The lowest BCUT2D eigenvalue weighted by Crippen LogP contribution is -2.57. The van der Waals surface area contributed by atoms with Crippen LogP contribution in [-0.4, -0.2) is 71.9 Å². The van der Waals surface area contributed by atoms with Crippen molar-refractivity contribution in [2.24, 2.45) is 5.92 Å². The van der Waals surface area contributed by atoms with E-state index in [1.807, 2.05) is 24.4 Å². The van der Waals surface area contributed by atoms with Gasteiger partial charge in [0, 0.05) is 56.9 Å². The highest BCUT2D eigenvalue weighted by molar-refractivity contribution is 5.88. The van der Waals surface area contributed by atoms with E-state index in [4.69, 9.17) is 9.26 Å². The van der Waals surface area contributed by atoms with E-state index in [1.165, 1.54) is 37.9 Å². The molecule has 168 valence electrons. The quantitative estimate of drug-likeness (QED) is 0.590. The second-order valence-corrected chi connectivity index (χ2v) is 9.49. The zero-order valence-corrected chi connectivity index (χ0v) is 18.5. The lowest BCUT2D eigenvalue weighted by molar-refractivity contribution is 0.0716. The largest absolute Gasteiger partial charge is 0.477 e. The summed E-state index contributed by atoms with van der Waals surface area (Å²) < 4.78 is 11.6. The Labute approximate surface area is 188 Å². The summed E-state index contributed by atoms with van der Waals surface area (Å²) in [7, 11) is 0. The third kappa shape index (κ3) is 4.07. The van der Waals surface area contributed by atoms with E-state index in [-0.39, 0.29) is 0 Å². The molecule has 7 heteroatoms. The summed E-state index contributed by atoms with van der Waals surface area (Å²) in [6.45, 7) is 8.35. The van der Waals surface area contributed by atoms with Crippen LogP contribution in [0.25, 0.3) is 11.0 Å². The Hall–Kier alpha value is -2.64. The Balaban J connectivity index is 1.01. The highest BCUT2D eigenvalue weighted by atomic mass is 16.5. The molecule has 3 fully saturated rings. The number of likely N-dealkylation sites (tertiary alicyclic amines) is 1. The molecule has 3 aliphatic heterocycles. The van der Waals surface area contributed by atoms with Crippen LogP contribution in [0, 0.1) is 5.92 Å². The molecule has 7 nitrogen and oxygen atoms in total. The smallest absolute Gasteiger partial charge is 0.213 e. The van der Waals surface area contributed by atoms with Gasteiger partial charge in [-0.05, 0) is 50.0 Å². The van der Waals surface area contributed by atoms with Gasteiger partial charge in [0.2, 0.25) is 5.88 Å². The minimum Gasteiger partial charge on any atom is -0.477 e. The van der Waals surface area contributed by atoms with Crippen LogP contribution in [0.5, 0.6) is 5.88 Å². The van der Waals surface area contributed by atoms with Crippen molar-refractivity contribution in [3.05, 3.63) is 48.2 Å². The summed E-state index contributed by atoms with van der Waals surface area (Å²) in [5.41, 5.74) is 2.14. The van der Waals surface area contributed by atoms with E-state index in [9.17, 15) is 0 Å². The lowest BCUT2D eigenvalue weighted by Gasteiger charge is -2.46. The molecule has 0 bridgehead atoms. The molecule has 3 aliphatic rings. The van der Waals surface area contributed by atoms with Gasteiger partial charge in [-0.2, -0.15) is 0 Å². The number of anilines is 1. The second kappa shape index (κ2) is 8.71. The van der Waals surface area contributed by atoms with Gasteiger partial charge in [-0.1, -0.05) is 23.4 Å². The number of rotatable bonds is 6. The minimum atomic E-state index is 0.563. The summed E-state index contributed by atoms with van der Waals surface area (Å²) in [5.74, 6) is 2.31. The Bertz CT molecular complexity index is 1050. The third-order valence-corrected chi connectivity index (χ3v) is 7.28. The molecule has 0 unspecified atom stereocenters. The summed E-state index contributed by atoms with van der Waals surface area (Å²) in [6.07, 6.45) is 5.69. The number of piperidine rings is 1. The van der Waals surface area contributed by atoms with Crippen LogP contribution in [0.1, 0.15) is 24.8 Å². The molecule has 2 atom stereocenters. The molecule has 5 heterocycles. The van der Waals surface area contributed by atoms with Gasteiger partial charge in [0.15, 0.2) is 11.4 Å². The van der Waals surface area contributed by atoms with Crippen LogP contribution in [-0.2, 0) is 6.54 Å². The molecule has 0 saturated carbocycles. The normalized spacial score (nSPS) is 24.3. The maximum absolute atomic E-state index is 6.07. The van der Waals surface area contributed by atoms with Gasteiger partial charge in [-0.15, -0.1) is 0 Å². The first-order valence-corrected chi connectivity index (χ1v) is 12.0. The van der Waals surface area contributed by atoms with Crippen molar-refractivity contribution < 1.29 is 9.26 Å². The summed E-state index contributed by atoms with van der Waals surface area (Å²) in [6, 6.07) is 12.9. The Kier molecular flexibility index (Phi) is 5.45. The number of nitrogens with zero attached hydrogens (tertiary/aromatic N) is 5. The molecule has 0 radical (unpaired) electrons. The van der Waals surface area contributed by atoms with E-state index in [2.05, 4.69) is 43.0 Å². The summed E-state index contributed by atoms with van der Waals surface area (Å²) >= 11 is 0. The first kappa shape index (κ1) is 20.0. The molecule has 0 aliphatic carbocycles. The van der Waals surface area contributed by atoms with Crippen LogP contribution in [0.4, 0.5) is 5.82 Å². The van der Waals surface area contributed by atoms with Crippen molar-refractivity contribution in [3.8, 4) is 5.88 Å². The Morgan fingerprint density at radius 1 is 1.00 bits per heavy atom. The van der Waals surface area contributed by atoms with Gasteiger partial charge in [-0.3, -0.25) is 9.80 Å². The second-order valence-electron chi connectivity index (χ2n) is 9.49. The average Bonchev–Trinajstić information content (AvgIpc) is 3.25. The molecule has 0 spiro atoms. The fraction of sp³-hybridized carbons (Fsp3) is 0.520. The molecule has 32 heavy (non-hydrogen) atoms. The highest BCUT2D eigenvalue weighted by Crippen LogP contribution is 2.31. The van der Waals surface area contributed by atoms with E-state index in [0.717, 1.165) is 62.0 Å². The lowest BCUT2D eigenvalue weighted by atomic mass is 9.91. The van der Waals surface area contributed by atoms with Gasteiger partial charge in [-0.25, -0.2) is 4.98 Å². The zero-order chi connectivity index (χ0) is 21.3. The number of piperazine rings is 1. The highest BCUT2D eigenvalue weighted by Gasteiger charge is 2.34. The fourth-order valence-electron chi connectivity index (χ4n) is 5.28. The van der Waals surface area contributed by atoms with Crippen molar-refractivity contribution in [2.45, 2.75) is 31.8 Å². The number of aromatic nitrogens is 2. The van der Waals surface area contributed by atoms with Crippen LogP contribution in [0.15, 0.2) is 47.1 Å². The molecular formula is C25H31N5O2. The first-order chi connectivity index (χ1) is 15.8. The topological polar surface area (TPSA) is 57.9 Å². The van der Waals surface area contributed by atoms with E-state index >= 15 is 0 Å². The van der Waals surface area contributed by atoms with Gasteiger partial charge < -0.3 is 14.2 Å². The number of pyridine rings is 1. The van der Waals surface area contributed by atoms with E-state index in [1.54, 1.807) is 0 Å². The molecule has 0 amide bonds. The SMILES string of the molecule is c1ccc2c(N3CCN4C[C@H](COc5ccc(CN6CCC6)cn5)CC[C@@H]4C3)noc2c1. The molecule has 0 N–H and O–H groups in total. The summed E-state index contributed by atoms with van der Waals surface area (Å²) in [4.78, 5) is 12.0. The fourth-order valence-corrected chi connectivity index (χ4v) is 5.28. The predicted octanol–water partition coefficient (Wildman–Crippen LogP) is 3.41. The van der Waals surface area contributed by atoms with Gasteiger partial charge in [0.1, 0.15) is 0 Å². The molecule has 1 aromatic carbocycles. The maximum atomic E-state index is 6.07. The standard InChI is InChI=1S/C25H31N5O2/c1-2-5-23-22(4-1)25(27-32-23)30-13-12-29-16-20(6-8-21(29)17-30)18-31-24-9-7-19(14-26-24)15-28-10-3-11-28/h1-2,4-5,7,9,14,20-21H,3,6,8,10-13,15-18H2/t20-,21-/m1/s1. The Morgan fingerprint density at radius 3 is 2.78 bits per heavy atom. The monoisotopic (exact) mass is 433 g/mol. The molecule has 3 saturated heterocycles. The number of hydrogen-bond acceptors (Lipinski definition) is 7. The maximum Gasteiger partial charge on any atom is 0.213 e. The molecule has 3 aromatic rings. The number of fused-ring (bicyclic) bond motifs is 2. The number of benzene rings is 1. The molecule has 2 aromatic heterocycles. The number of hydrogen-bond donors (Lipinski definition) is 0. The van der Waals surface area contributed by atoms with E-state index in [0.29, 0.717) is 12.0 Å². The predicted molar refractivity (Wildman–Crippen MR) is 124 cm³/mol. The van der Waals surface area contributed by atoms with E-state index < -0.39 is 0 Å². The van der Waals surface area contributed by atoms with Crippen molar-refractivity contribution in [1.29, 1.82) is 0 Å². The van der Waals surface area contributed by atoms with Crippen molar-refractivity contribution in [2.75, 3.05) is 50.8 Å². The average molecular weight is 434 g/mol. The van der Waals surface area contributed by atoms with Crippen LogP contribution in [0.3, 0.4) is 0 Å². The van der Waals surface area contributed by atoms with Gasteiger partial charge in [0.25, 0.3) is 0 Å². The minimum absolute atomic E-state index is 0.563. The van der Waals surface area contributed by atoms with Crippen LogP contribution >= 0.6 is 0 Å². The number of para-hydroxylation sites is 1. The number of ether oxygens (including phenoxy) is 1. The zero-order valence-electron chi connectivity index (χ0n) is 18.5. The van der Waals surface area contributed by atoms with Gasteiger partial charge >= 0.3 is 0 Å². The van der Waals surface area contributed by atoms with Crippen molar-refractivity contribution >= 4 is 16.8 Å². The Morgan fingerprint density at radius 2 is 1.94 bits per heavy atom. The van der Waals surface area contributed by atoms with Crippen LogP contribution in [0.2, 0.25) is 0 Å².